The summed E-state index contributed by atoms with van der Waals surface area (Å²) in [5, 5.41) is 5.17. The van der Waals surface area contributed by atoms with Crippen molar-refractivity contribution in [1.82, 2.24) is 10.3 Å². The van der Waals surface area contributed by atoms with E-state index in [9.17, 15) is 4.39 Å². The van der Waals surface area contributed by atoms with Crippen LogP contribution >= 0.6 is 23.1 Å². The Labute approximate surface area is 115 Å². The van der Waals surface area contributed by atoms with Crippen LogP contribution in [0, 0.1) is 5.82 Å². The lowest BCUT2D eigenvalue weighted by molar-refractivity contribution is 0.578. The summed E-state index contributed by atoms with van der Waals surface area (Å²) in [4.78, 5) is 5.16. The Morgan fingerprint density at radius 1 is 1.44 bits per heavy atom. The summed E-state index contributed by atoms with van der Waals surface area (Å²) in [6.45, 7) is 3.56. The first-order valence-corrected chi connectivity index (χ1v) is 7.56. The lowest BCUT2D eigenvalue weighted by Crippen LogP contribution is -2.15. The number of halogens is 1. The molecule has 2 rings (SSSR count). The van der Waals surface area contributed by atoms with Gasteiger partial charge in [0.1, 0.15) is 5.82 Å². The molecular formula is C13H15FN2S2. The predicted molar refractivity (Wildman–Crippen MR) is 74.6 cm³/mol. The molecule has 2 aromatic rings. The molecule has 0 fully saturated rings. The largest absolute Gasteiger partial charge is 0.313 e. The van der Waals surface area contributed by atoms with Gasteiger partial charge in [-0.3, -0.25) is 0 Å². The average molecular weight is 282 g/mol. The number of nitrogens with one attached hydrogen (secondary N) is 1. The fourth-order valence-electron chi connectivity index (χ4n) is 1.55. The van der Waals surface area contributed by atoms with Crippen molar-refractivity contribution in [1.29, 1.82) is 0 Å². The standard InChI is InChI=1S/C13H15FN2S2/c1-2-6-15-9-10-11(14)4-3-5-12(10)18-13-16-7-8-17-13/h3-5,7-8,15H,2,6,9H2,1H3. The Morgan fingerprint density at radius 2 is 2.33 bits per heavy atom. The van der Waals surface area contributed by atoms with E-state index in [1.54, 1.807) is 23.6 Å². The zero-order chi connectivity index (χ0) is 12.8. The average Bonchev–Trinajstić information content (AvgIpc) is 2.86. The number of hydrogen-bond donors (Lipinski definition) is 1. The zero-order valence-corrected chi connectivity index (χ0v) is 11.8. The smallest absolute Gasteiger partial charge is 0.154 e. The summed E-state index contributed by atoms with van der Waals surface area (Å²) >= 11 is 3.09. The number of benzene rings is 1. The molecule has 1 heterocycles. The lowest BCUT2D eigenvalue weighted by Gasteiger charge is -2.09. The fourth-order valence-corrected chi connectivity index (χ4v) is 3.28. The van der Waals surface area contributed by atoms with E-state index < -0.39 is 0 Å². The van der Waals surface area contributed by atoms with Gasteiger partial charge < -0.3 is 5.32 Å². The van der Waals surface area contributed by atoms with E-state index in [0.29, 0.717) is 6.54 Å². The number of aromatic nitrogens is 1. The van der Waals surface area contributed by atoms with Crippen LogP contribution in [0.3, 0.4) is 0 Å². The molecule has 96 valence electrons. The monoisotopic (exact) mass is 282 g/mol. The summed E-state index contributed by atoms with van der Waals surface area (Å²) in [5.41, 5.74) is 0.728. The highest BCUT2D eigenvalue weighted by Crippen LogP contribution is 2.32. The molecule has 0 bridgehead atoms. The maximum atomic E-state index is 13.8. The second kappa shape index (κ2) is 6.87. The number of hydrogen-bond acceptors (Lipinski definition) is 4. The fraction of sp³-hybridized carbons (Fsp3) is 0.308. The summed E-state index contributed by atoms with van der Waals surface area (Å²) in [6.07, 6.45) is 2.81. The van der Waals surface area contributed by atoms with Crippen LogP contribution in [0.1, 0.15) is 18.9 Å². The maximum Gasteiger partial charge on any atom is 0.154 e. The van der Waals surface area contributed by atoms with Gasteiger partial charge in [-0.25, -0.2) is 9.37 Å². The van der Waals surface area contributed by atoms with Crippen LogP contribution in [-0.4, -0.2) is 11.5 Å². The van der Waals surface area contributed by atoms with Crippen molar-refractivity contribution in [2.24, 2.45) is 0 Å². The van der Waals surface area contributed by atoms with E-state index in [1.807, 2.05) is 11.4 Å². The van der Waals surface area contributed by atoms with Crippen molar-refractivity contribution in [3.63, 3.8) is 0 Å². The minimum atomic E-state index is -0.153. The summed E-state index contributed by atoms with van der Waals surface area (Å²) < 4.78 is 14.8. The van der Waals surface area contributed by atoms with E-state index in [2.05, 4.69) is 17.2 Å². The molecule has 0 radical (unpaired) electrons. The minimum Gasteiger partial charge on any atom is -0.313 e. The van der Waals surface area contributed by atoms with Crippen LogP contribution in [0.2, 0.25) is 0 Å². The lowest BCUT2D eigenvalue weighted by atomic mass is 10.2. The zero-order valence-electron chi connectivity index (χ0n) is 10.1. The molecular weight excluding hydrogens is 267 g/mol. The highest BCUT2D eigenvalue weighted by atomic mass is 32.2. The van der Waals surface area contributed by atoms with Crippen molar-refractivity contribution in [2.75, 3.05) is 6.54 Å². The van der Waals surface area contributed by atoms with E-state index in [0.717, 1.165) is 27.8 Å². The van der Waals surface area contributed by atoms with Gasteiger partial charge in [-0.05, 0) is 25.1 Å². The highest BCUT2D eigenvalue weighted by molar-refractivity contribution is 8.01. The Hall–Kier alpha value is -0.910. The molecule has 1 aromatic carbocycles. The van der Waals surface area contributed by atoms with Crippen LogP contribution < -0.4 is 5.32 Å². The molecule has 0 aliphatic rings. The van der Waals surface area contributed by atoms with Crippen LogP contribution in [0.25, 0.3) is 0 Å². The molecule has 0 aliphatic heterocycles. The molecule has 0 saturated heterocycles. The molecule has 0 aliphatic carbocycles. The van der Waals surface area contributed by atoms with Crippen molar-refractivity contribution in [3.05, 3.63) is 41.2 Å². The van der Waals surface area contributed by atoms with Gasteiger partial charge in [-0.2, -0.15) is 0 Å². The number of nitrogens with zero attached hydrogens (tertiary/aromatic N) is 1. The SMILES string of the molecule is CCCNCc1c(F)cccc1Sc1nccs1. The van der Waals surface area contributed by atoms with Gasteiger partial charge >= 0.3 is 0 Å². The maximum absolute atomic E-state index is 13.8. The second-order valence-electron chi connectivity index (χ2n) is 3.79. The Morgan fingerprint density at radius 3 is 3.06 bits per heavy atom. The molecule has 0 amide bonds. The molecule has 0 unspecified atom stereocenters. The third kappa shape index (κ3) is 3.54. The van der Waals surface area contributed by atoms with Crippen LogP contribution in [0.5, 0.6) is 0 Å². The van der Waals surface area contributed by atoms with E-state index in [1.165, 1.54) is 17.8 Å². The summed E-state index contributed by atoms with van der Waals surface area (Å²) in [5.74, 6) is -0.153. The van der Waals surface area contributed by atoms with Crippen molar-refractivity contribution in [2.45, 2.75) is 29.1 Å². The summed E-state index contributed by atoms with van der Waals surface area (Å²) in [7, 11) is 0. The molecule has 0 atom stereocenters. The topological polar surface area (TPSA) is 24.9 Å². The molecule has 0 spiro atoms. The van der Waals surface area contributed by atoms with Gasteiger partial charge in [-0.1, -0.05) is 24.8 Å². The first kappa shape index (κ1) is 13.5. The predicted octanol–water partition coefficient (Wildman–Crippen LogP) is 3.93. The van der Waals surface area contributed by atoms with Crippen molar-refractivity contribution < 1.29 is 4.39 Å². The van der Waals surface area contributed by atoms with Crippen molar-refractivity contribution >= 4 is 23.1 Å². The minimum absolute atomic E-state index is 0.153. The first-order chi connectivity index (χ1) is 8.81. The Balaban J connectivity index is 2.15. The van der Waals surface area contributed by atoms with Crippen LogP contribution in [0.15, 0.2) is 39.0 Å². The molecule has 1 aromatic heterocycles. The van der Waals surface area contributed by atoms with E-state index >= 15 is 0 Å². The highest BCUT2D eigenvalue weighted by Gasteiger charge is 2.10. The van der Waals surface area contributed by atoms with Gasteiger partial charge in [0, 0.05) is 28.6 Å². The molecule has 1 N–H and O–H groups in total. The van der Waals surface area contributed by atoms with Gasteiger partial charge in [-0.15, -0.1) is 11.3 Å². The van der Waals surface area contributed by atoms with Crippen molar-refractivity contribution in [3.8, 4) is 0 Å². The van der Waals surface area contributed by atoms with E-state index in [-0.39, 0.29) is 5.82 Å². The van der Waals surface area contributed by atoms with Crippen LogP contribution in [-0.2, 0) is 6.54 Å². The second-order valence-corrected chi connectivity index (χ2v) is 5.98. The molecule has 18 heavy (non-hydrogen) atoms. The third-order valence-electron chi connectivity index (χ3n) is 2.41. The number of rotatable bonds is 6. The third-order valence-corrected chi connectivity index (χ3v) is 4.40. The molecule has 2 nitrogen and oxygen atoms in total. The van der Waals surface area contributed by atoms with Crippen LogP contribution in [0.4, 0.5) is 4.39 Å². The summed E-state index contributed by atoms with van der Waals surface area (Å²) in [6, 6.07) is 5.20. The molecule has 5 heteroatoms. The Kier molecular flexibility index (Phi) is 5.16. The first-order valence-electron chi connectivity index (χ1n) is 5.86. The number of thiazole rings is 1. The van der Waals surface area contributed by atoms with Gasteiger partial charge in [0.25, 0.3) is 0 Å². The van der Waals surface area contributed by atoms with Gasteiger partial charge in [0.2, 0.25) is 0 Å². The Bertz CT molecular complexity index is 486. The molecule has 0 saturated carbocycles. The van der Waals surface area contributed by atoms with Gasteiger partial charge in [0.15, 0.2) is 4.34 Å². The quantitative estimate of drug-likeness (QED) is 0.813. The van der Waals surface area contributed by atoms with Gasteiger partial charge in [0.05, 0.1) is 0 Å². The van der Waals surface area contributed by atoms with E-state index in [4.69, 9.17) is 0 Å². The normalized spacial score (nSPS) is 10.8.